The molecule has 0 unspecified atom stereocenters. The molecule has 1 aromatic heterocycles. The second kappa shape index (κ2) is 7.36. The number of amides is 1. The SMILES string of the molecule is CC(C)[C@@H]1CN(C(=O)c2nccc3ccccc23)CCCN1CC1CC1. The summed E-state index contributed by atoms with van der Waals surface area (Å²) in [5.74, 6) is 1.52. The first kappa shape index (κ1) is 17.5. The van der Waals surface area contributed by atoms with Crippen molar-refractivity contribution in [3.8, 4) is 0 Å². The Bertz CT molecular complexity index is 779. The molecule has 1 amide bonds. The average Bonchev–Trinajstić information content (AvgIpc) is 3.48. The number of carbonyl (C=O) groups is 1. The molecule has 138 valence electrons. The minimum Gasteiger partial charge on any atom is -0.336 e. The summed E-state index contributed by atoms with van der Waals surface area (Å²) >= 11 is 0. The molecule has 1 saturated carbocycles. The van der Waals surface area contributed by atoms with Crippen molar-refractivity contribution in [3.05, 3.63) is 42.2 Å². The van der Waals surface area contributed by atoms with Crippen molar-refractivity contribution >= 4 is 16.7 Å². The highest BCUT2D eigenvalue weighted by Gasteiger charge is 2.34. The zero-order valence-corrected chi connectivity index (χ0v) is 15.9. The first-order chi connectivity index (χ1) is 12.6. The van der Waals surface area contributed by atoms with E-state index in [1.165, 1.54) is 19.4 Å². The Morgan fingerprint density at radius 2 is 2.00 bits per heavy atom. The molecule has 2 aromatic rings. The van der Waals surface area contributed by atoms with Crippen LogP contribution in [0.5, 0.6) is 0 Å². The number of rotatable bonds is 4. The van der Waals surface area contributed by atoms with Crippen LogP contribution in [0.15, 0.2) is 36.5 Å². The number of hydrogen-bond donors (Lipinski definition) is 0. The summed E-state index contributed by atoms with van der Waals surface area (Å²) in [6.07, 6.45) is 5.56. The van der Waals surface area contributed by atoms with Crippen LogP contribution in [-0.4, -0.2) is 52.9 Å². The summed E-state index contributed by atoms with van der Waals surface area (Å²) in [5.41, 5.74) is 0.598. The molecule has 2 fully saturated rings. The predicted molar refractivity (Wildman–Crippen MR) is 105 cm³/mol. The second-order valence-electron chi connectivity index (χ2n) is 8.24. The first-order valence-corrected chi connectivity index (χ1v) is 10.0. The van der Waals surface area contributed by atoms with Crippen molar-refractivity contribution in [2.75, 3.05) is 26.2 Å². The van der Waals surface area contributed by atoms with Gasteiger partial charge in [0.05, 0.1) is 0 Å². The Balaban J connectivity index is 1.58. The molecule has 1 aliphatic carbocycles. The van der Waals surface area contributed by atoms with Gasteiger partial charge in [0.1, 0.15) is 5.69 Å². The maximum absolute atomic E-state index is 13.3. The monoisotopic (exact) mass is 351 g/mol. The van der Waals surface area contributed by atoms with Crippen molar-refractivity contribution < 1.29 is 4.79 Å². The summed E-state index contributed by atoms with van der Waals surface area (Å²) in [5, 5.41) is 2.04. The highest BCUT2D eigenvalue weighted by Crippen LogP contribution is 2.32. The number of fused-ring (bicyclic) bond motifs is 1. The van der Waals surface area contributed by atoms with Gasteiger partial charge in [-0.3, -0.25) is 14.7 Å². The number of aromatic nitrogens is 1. The normalized spacial score (nSPS) is 22.0. The van der Waals surface area contributed by atoms with Crippen LogP contribution in [-0.2, 0) is 0 Å². The summed E-state index contributed by atoms with van der Waals surface area (Å²) in [7, 11) is 0. The van der Waals surface area contributed by atoms with Crippen LogP contribution in [0.4, 0.5) is 0 Å². The highest BCUT2D eigenvalue weighted by atomic mass is 16.2. The Labute approximate surface area is 156 Å². The molecule has 1 aromatic carbocycles. The lowest BCUT2D eigenvalue weighted by Crippen LogP contribution is -2.46. The van der Waals surface area contributed by atoms with E-state index >= 15 is 0 Å². The molecule has 4 rings (SSSR count). The lowest BCUT2D eigenvalue weighted by molar-refractivity contribution is 0.0701. The average molecular weight is 351 g/mol. The number of pyridine rings is 1. The van der Waals surface area contributed by atoms with Crippen molar-refractivity contribution in [2.45, 2.75) is 39.2 Å². The van der Waals surface area contributed by atoms with Crippen LogP contribution in [0.1, 0.15) is 43.6 Å². The van der Waals surface area contributed by atoms with E-state index in [2.05, 4.69) is 23.7 Å². The molecule has 1 aliphatic heterocycles. The Kier molecular flexibility index (Phi) is 4.94. The second-order valence-corrected chi connectivity index (χ2v) is 8.24. The van der Waals surface area contributed by atoms with E-state index in [4.69, 9.17) is 0 Å². The molecule has 0 N–H and O–H groups in total. The van der Waals surface area contributed by atoms with Crippen LogP contribution < -0.4 is 0 Å². The third kappa shape index (κ3) is 3.61. The van der Waals surface area contributed by atoms with Crippen molar-refractivity contribution in [2.24, 2.45) is 11.8 Å². The fraction of sp³-hybridized carbons (Fsp3) is 0.545. The molecule has 26 heavy (non-hydrogen) atoms. The molecule has 0 spiro atoms. The number of carbonyl (C=O) groups excluding carboxylic acids is 1. The third-order valence-electron chi connectivity index (χ3n) is 5.87. The van der Waals surface area contributed by atoms with E-state index in [-0.39, 0.29) is 5.91 Å². The zero-order chi connectivity index (χ0) is 18.1. The van der Waals surface area contributed by atoms with Crippen LogP contribution >= 0.6 is 0 Å². The van der Waals surface area contributed by atoms with Gasteiger partial charge in [-0.05, 0) is 42.6 Å². The fourth-order valence-electron chi connectivity index (χ4n) is 4.18. The van der Waals surface area contributed by atoms with Gasteiger partial charge in [-0.2, -0.15) is 0 Å². The lowest BCUT2D eigenvalue weighted by atomic mass is 10.0. The molecule has 0 radical (unpaired) electrons. The summed E-state index contributed by atoms with van der Waals surface area (Å²) in [6, 6.07) is 10.5. The molecule has 1 atom stereocenters. The van der Waals surface area contributed by atoms with Gasteiger partial charge in [-0.1, -0.05) is 38.1 Å². The van der Waals surface area contributed by atoms with Gasteiger partial charge in [0.15, 0.2) is 0 Å². The number of benzene rings is 1. The summed E-state index contributed by atoms with van der Waals surface area (Å²) < 4.78 is 0. The number of hydrogen-bond acceptors (Lipinski definition) is 3. The van der Waals surface area contributed by atoms with Crippen molar-refractivity contribution in [1.82, 2.24) is 14.8 Å². The molecule has 0 bridgehead atoms. The van der Waals surface area contributed by atoms with Crippen LogP contribution in [0.2, 0.25) is 0 Å². The highest BCUT2D eigenvalue weighted by molar-refractivity contribution is 6.05. The van der Waals surface area contributed by atoms with Crippen LogP contribution in [0, 0.1) is 11.8 Å². The smallest absolute Gasteiger partial charge is 0.273 e. The van der Waals surface area contributed by atoms with Gasteiger partial charge in [0.25, 0.3) is 5.91 Å². The van der Waals surface area contributed by atoms with E-state index in [0.29, 0.717) is 17.7 Å². The molecular formula is C22H29N3O. The van der Waals surface area contributed by atoms with Gasteiger partial charge in [-0.25, -0.2) is 0 Å². The molecular weight excluding hydrogens is 322 g/mol. The maximum Gasteiger partial charge on any atom is 0.273 e. The predicted octanol–water partition coefficient (Wildman–Crippen LogP) is 3.82. The molecule has 2 heterocycles. The molecule has 4 nitrogen and oxygen atoms in total. The summed E-state index contributed by atoms with van der Waals surface area (Å²) in [6.45, 7) is 8.52. The van der Waals surface area contributed by atoms with Crippen molar-refractivity contribution in [1.29, 1.82) is 0 Å². The minimum atomic E-state index is 0.0840. The topological polar surface area (TPSA) is 36.4 Å². The van der Waals surface area contributed by atoms with Gasteiger partial charge in [-0.15, -0.1) is 0 Å². The minimum absolute atomic E-state index is 0.0840. The third-order valence-corrected chi connectivity index (χ3v) is 5.87. The summed E-state index contributed by atoms with van der Waals surface area (Å²) in [4.78, 5) is 22.5. The largest absolute Gasteiger partial charge is 0.336 e. The molecule has 2 aliphatic rings. The van der Waals surface area contributed by atoms with Gasteiger partial charge in [0, 0.05) is 43.8 Å². The first-order valence-electron chi connectivity index (χ1n) is 10.0. The van der Waals surface area contributed by atoms with E-state index < -0.39 is 0 Å². The lowest BCUT2D eigenvalue weighted by Gasteiger charge is -2.34. The van der Waals surface area contributed by atoms with Crippen LogP contribution in [0.25, 0.3) is 10.8 Å². The number of nitrogens with zero attached hydrogens (tertiary/aromatic N) is 3. The van der Waals surface area contributed by atoms with E-state index in [9.17, 15) is 4.79 Å². The van der Waals surface area contributed by atoms with Gasteiger partial charge < -0.3 is 4.90 Å². The molecule has 4 heteroatoms. The van der Waals surface area contributed by atoms with Gasteiger partial charge >= 0.3 is 0 Å². The van der Waals surface area contributed by atoms with Gasteiger partial charge in [0.2, 0.25) is 0 Å². The Morgan fingerprint density at radius 3 is 2.77 bits per heavy atom. The zero-order valence-electron chi connectivity index (χ0n) is 15.9. The van der Waals surface area contributed by atoms with E-state index in [1.807, 2.05) is 35.2 Å². The quantitative estimate of drug-likeness (QED) is 0.840. The maximum atomic E-state index is 13.3. The van der Waals surface area contributed by atoms with E-state index in [1.54, 1.807) is 6.20 Å². The van der Waals surface area contributed by atoms with E-state index in [0.717, 1.165) is 42.7 Å². The van der Waals surface area contributed by atoms with Crippen LogP contribution in [0.3, 0.4) is 0 Å². The van der Waals surface area contributed by atoms with Crippen molar-refractivity contribution in [3.63, 3.8) is 0 Å². The Hall–Kier alpha value is -1.94. The fourth-order valence-corrected chi connectivity index (χ4v) is 4.18. The standard InChI is InChI=1S/C22H29N3O/c1-16(2)20-15-25(13-5-12-24(20)14-17-8-9-17)22(26)21-19-7-4-3-6-18(19)10-11-23-21/h3-4,6-7,10-11,16-17,20H,5,8-9,12-15H2,1-2H3/t20-/m0/s1. The Morgan fingerprint density at radius 1 is 1.19 bits per heavy atom. The molecule has 1 saturated heterocycles.